The van der Waals surface area contributed by atoms with Gasteiger partial charge in [-0.25, -0.2) is 0 Å². The van der Waals surface area contributed by atoms with Gasteiger partial charge in [0.15, 0.2) is 5.96 Å². The summed E-state index contributed by atoms with van der Waals surface area (Å²) in [6.45, 7) is 5.16. The first-order valence-corrected chi connectivity index (χ1v) is 7.58. The molecular formula is C14H28N4O4. The quantitative estimate of drug-likeness (QED) is 0.290. The third-order valence-corrected chi connectivity index (χ3v) is 3.12. The van der Waals surface area contributed by atoms with Crippen molar-refractivity contribution in [3.05, 3.63) is 0 Å². The Balaban J connectivity index is 2.16. The Hall–Kier alpha value is -1.38. The van der Waals surface area contributed by atoms with E-state index in [0.717, 1.165) is 13.0 Å². The molecule has 0 aromatic heterocycles. The van der Waals surface area contributed by atoms with E-state index in [4.69, 9.17) is 14.2 Å². The lowest BCUT2D eigenvalue weighted by Crippen LogP contribution is -2.47. The molecule has 1 rings (SSSR count). The first-order chi connectivity index (χ1) is 10.7. The van der Waals surface area contributed by atoms with E-state index in [-0.39, 0.29) is 24.6 Å². The standard InChI is InChI=1S/C14H28N4O4/c1-11(9-22-12-4-6-21-10-12)18-14(15-2)17-8-13(19)16-5-7-20-3/h11-12H,4-10H2,1-3H3,(H,16,19)(H2,15,17,18). The minimum absolute atomic E-state index is 0.0864. The number of aliphatic imine (C=N–C) groups is 1. The van der Waals surface area contributed by atoms with Gasteiger partial charge in [0, 0.05) is 33.4 Å². The first-order valence-electron chi connectivity index (χ1n) is 7.58. The summed E-state index contributed by atoms with van der Waals surface area (Å²) in [5.41, 5.74) is 0. The minimum atomic E-state index is -0.105. The van der Waals surface area contributed by atoms with Crippen molar-refractivity contribution >= 4 is 11.9 Å². The SMILES string of the molecule is CN=C(NCC(=O)NCCOC)NC(C)COC1CCOC1. The van der Waals surface area contributed by atoms with Crippen LogP contribution < -0.4 is 16.0 Å². The Morgan fingerprint density at radius 3 is 2.91 bits per heavy atom. The molecule has 8 nitrogen and oxygen atoms in total. The van der Waals surface area contributed by atoms with Crippen LogP contribution in [0.3, 0.4) is 0 Å². The highest BCUT2D eigenvalue weighted by Gasteiger charge is 2.17. The normalized spacial score (nSPS) is 19.8. The van der Waals surface area contributed by atoms with Crippen molar-refractivity contribution in [1.29, 1.82) is 0 Å². The van der Waals surface area contributed by atoms with E-state index in [1.165, 1.54) is 0 Å². The second kappa shape index (κ2) is 11.2. The first kappa shape index (κ1) is 18.7. The number of methoxy groups -OCH3 is 1. The molecule has 128 valence electrons. The monoisotopic (exact) mass is 316 g/mol. The highest BCUT2D eigenvalue weighted by molar-refractivity contribution is 5.86. The number of nitrogens with one attached hydrogen (secondary N) is 3. The fourth-order valence-electron chi connectivity index (χ4n) is 1.91. The van der Waals surface area contributed by atoms with Crippen molar-refractivity contribution < 1.29 is 19.0 Å². The van der Waals surface area contributed by atoms with E-state index in [9.17, 15) is 4.79 Å². The van der Waals surface area contributed by atoms with Gasteiger partial charge in [0.25, 0.3) is 0 Å². The number of nitrogens with zero attached hydrogens (tertiary/aromatic N) is 1. The van der Waals surface area contributed by atoms with Crippen molar-refractivity contribution in [3.63, 3.8) is 0 Å². The molecule has 3 N–H and O–H groups in total. The zero-order valence-corrected chi connectivity index (χ0v) is 13.7. The summed E-state index contributed by atoms with van der Waals surface area (Å²) < 4.78 is 15.9. The van der Waals surface area contributed by atoms with Gasteiger partial charge in [-0.3, -0.25) is 9.79 Å². The van der Waals surface area contributed by atoms with Gasteiger partial charge in [0.05, 0.1) is 32.5 Å². The number of hydrogen-bond donors (Lipinski definition) is 3. The van der Waals surface area contributed by atoms with E-state index >= 15 is 0 Å². The molecule has 0 aliphatic carbocycles. The van der Waals surface area contributed by atoms with Crippen LogP contribution >= 0.6 is 0 Å². The lowest BCUT2D eigenvalue weighted by atomic mass is 10.3. The number of amides is 1. The number of carbonyl (C=O) groups excluding carboxylic acids is 1. The highest BCUT2D eigenvalue weighted by atomic mass is 16.5. The Morgan fingerprint density at radius 1 is 1.45 bits per heavy atom. The third-order valence-electron chi connectivity index (χ3n) is 3.12. The predicted octanol–water partition coefficient (Wildman–Crippen LogP) is -0.892. The predicted molar refractivity (Wildman–Crippen MR) is 84.0 cm³/mol. The maximum absolute atomic E-state index is 11.6. The van der Waals surface area contributed by atoms with Crippen LogP contribution in [0.25, 0.3) is 0 Å². The molecule has 2 unspecified atom stereocenters. The van der Waals surface area contributed by atoms with E-state index in [1.807, 2.05) is 6.92 Å². The summed E-state index contributed by atoms with van der Waals surface area (Å²) in [4.78, 5) is 15.7. The van der Waals surface area contributed by atoms with Crippen molar-refractivity contribution in [1.82, 2.24) is 16.0 Å². The molecule has 0 bridgehead atoms. The highest BCUT2D eigenvalue weighted by Crippen LogP contribution is 2.08. The van der Waals surface area contributed by atoms with Crippen LogP contribution in [0.15, 0.2) is 4.99 Å². The molecule has 1 amide bonds. The zero-order valence-electron chi connectivity index (χ0n) is 13.7. The Labute approximate surface area is 132 Å². The van der Waals surface area contributed by atoms with Crippen LogP contribution in [-0.2, 0) is 19.0 Å². The lowest BCUT2D eigenvalue weighted by molar-refractivity contribution is -0.120. The van der Waals surface area contributed by atoms with Crippen LogP contribution in [0.4, 0.5) is 0 Å². The maximum Gasteiger partial charge on any atom is 0.239 e. The zero-order chi connectivity index (χ0) is 16.2. The topological polar surface area (TPSA) is 93.2 Å². The van der Waals surface area contributed by atoms with Gasteiger partial charge in [-0.2, -0.15) is 0 Å². The number of guanidine groups is 1. The van der Waals surface area contributed by atoms with Gasteiger partial charge in [0.1, 0.15) is 0 Å². The van der Waals surface area contributed by atoms with E-state index < -0.39 is 0 Å². The summed E-state index contributed by atoms with van der Waals surface area (Å²) >= 11 is 0. The van der Waals surface area contributed by atoms with Crippen LogP contribution in [0.2, 0.25) is 0 Å². The number of ether oxygens (including phenoxy) is 3. The summed E-state index contributed by atoms with van der Waals surface area (Å²) in [5, 5.41) is 8.87. The molecule has 0 spiro atoms. The molecule has 0 radical (unpaired) electrons. The van der Waals surface area contributed by atoms with Crippen molar-refractivity contribution in [3.8, 4) is 0 Å². The minimum Gasteiger partial charge on any atom is -0.383 e. The molecule has 22 heavy (non-hydrogen) atoms. The molecule has 2 atom stereocenters. The summed E-state index contributed by atoms with van der Waals surface area (Å²) in [7, 11) is 3.26. The van der Waals surface area contributed by atoms with Crippen LogP contribution in [-0.4, -0.2) is 77.7 Å². The Kier molecular flexibility index (Phi) is 9.52. The fraction of sp³-hybridized carbons (Fsp3) is 0.857. The largest absolute Gasteiger partial charge is 0.383 e. The summed E-state index contributed by atoms with van der Waals surface area (Å²) in [5.74, 6) is 0.465. The second-order valence-corrected chi connectivity index (χ2v) is 5.13. The third kappa shape index (κ3) is 8.16. The molecule has 1 fully saturated rings. The molecule has 1 aliphatic rings. The van der Waals surface area contributed by atoms with Crippen LogP contribution in [0, 0.1) is 0 Å². The molecule has 0 aromatic rings. The number of carbonyl (C=O) groups is 1. The van der Waals surface area contributed by atoms with Crippen molar-refractivity contribution in [2.24, 2.45) is 4.99 Å². The summed E-state index contributed by atoms with van der Waals surface area (Å²) in [6, 6.07) is 0.0864. The van der Waals surface area contributed by atoms with Gasteiger partial charge in [-0.1, -0.05) is 0 Å². The van der Waals surface area contributed by atoms with Gasteiger partial charge in [-0.15, -0.1) is 0 Å². The molecule has 0 saturated carbocycles. The van der Waals surface area contributed by atoms with Crippen LogP contribution in [0.5, 0.6) is 0 Å². The number of rotatable bonds is 9. The second-order valence-electron chi connectivity index (χ2n) is 5.13. The Morgan fingerprint density at radius 2 is 2.27 bits per heavy atom. The molecule has 1 heterocycles. The fourth-order valence-corrected chi connectivity index (χ4v) is 1.91. The smallest absolute Gasteiger partial charge is 0.239 e. The maximum atomic E-state index is 11.6. The van der Waals surface area contributed by atoms with E-state index in [1.54, 1.807) is 14.2 Å². The average molecular weight is 316 g/mol. The van der Waals surface area contributed by atoms with Crippen LogP contribution in [0.1, 0.15) is 13.3 Å². The Bertz CT molecular complexity index is 346. The molecule has 1 saturated heterocycles. The molecule has 0 aromatic carbocycles. The number of hydrogen-bond acceptors (Lipinski definition) is 5. The van der Waals surface area contributed by atoms with Gasteiger partial charge in [-0.05, 0) is 13.3 Å². The van der Waals surface area contributed by atoms with Gasteiger partial charge < -0.3 is 30.2 Å². The lowest BCUT2D eigenvalue weighted by Gasteiger charge is -2.19. The van der Waals surface area contributed by atoms with Gasteiger partial charge in [0.2, 0.25) is 5.91 Å². The molecule has 8 heteroatoms. The van der Waals surface area contributed by atoms with E-state index in [2.05, 4.69) is 20.9 Å². The van der Waals surface area contributed by atoms with Crippen molar-refractivity contribution in [2.45, 2.75) is 25.5 Å². The van der Waals surface area contributed by atoms with Crippen molar-refractivity contribution in [2.75, 3.05) is 53.7 Å². The average Bonchev–Trinajstić information content (AvgIpc) is 3.03. The van der Waals surface area contributed by atoms with Gasteiger partial charge >= 0.3 is 0 Å². The molecular weight excluding hydrogens is 288 g/mol. The summed E-state index contributed by atoms with van der Waals surface area (Å²) in [6.07, 6.45) is 1.13. The molecule has 1 aliphatic heterocycles. The van der Waals surface area contributed by atoms with E-state index in [0.29, 0.717) is 32.3 Å².